The van der Waals surface area contributed by atoms with E-state index in [9.17, 15) is 4.79 Å². The first-order valence-electron chi connectivity index (χ1n) is 8.83. The van der Waals surface area contributed by atoms with Crippen molar-refractivity contribution in [3.8, 4) is 5.82 Å². The molecule has 2 heterocycles. The SMILES string of the molecule is Cc1ccc(NC(=O)NCCNc2cc(-n3ccnc3C)nc(C)n2)c(Cl)c1. The van der Waals surface area contributed by atoms with E-state index in [0.29, 0.717) is 35.4 Å². The quantitative estimate of drug-likeness (QED) is 0.551. The predicted octanol–water partition coefficient (Wildman–Crippen LogP) is 3.47. The lowest BCUT2D eigenvalue weighted by Gasteiger charge is -2.12. The molecule has 28 heavy (non-hydrogen) atoms. The molecule has 3 aromatic rings. The number of benzene rings is 1. The molecule has 0 aliphatic carbocycles. The molecule has 0 atom stereocenters. The zero-order chi connectivity index (χ0) is 20.1. The summed E-state index contributed by atoms with van der Waals surface area (Å²) in [4.78, 5) is 25.0. The normalized spacial score (nSPS) is 10.6. The molecule has 0 radical (unpaired) electrons. The van der Waals surface area contributed by atoms with Gasteiger partial charge in [-0.1, -0.05) is 17.7 Å². The standard InChI is InChI=1S/C19H22ClN7O/c1-12-4-5-16(15(20)10-12)26-19(28)23-7-6-22-17-11-18(25-13(2)24-17)27-9-8-21-14(27)3/h4-5,8-11H,6-7H2,1-3H3,(H,22,24,25)(H2,23,26,28). The molecule has 146 valence electrons. The lowest BCUT2D eigenvalue weighted by molar-refractivity contribution is 0.252. The predicted molar refractivity (Wildman–Crippen MR) is 110 cm³/mol. The number of hydrogen-bond acceptors (Lipinski definition) is 5. The first-order chi connectivity index (χ1) is 13.4. The number of hydrogen-bond donors (Lipinski definition) is 3. The molecule has 0 aliphatic heterocycles. The van der Waals surface area contributed by atoms with Crippen molar-refractivity contribution in [1.82, 2.24) is 24.8 Å². The van der Waals surface area contributed by atoms with Crippen LogP contribution in [0.4, 0.5) is 16.3 Å². The van der Waals surface area contributed by atoms with Crippen LogP contribution in [0.5, 0.6) is 0 Å². The van der Waals surface area contributed by atoms with Crippen molar-refractivity contribution in [2.45, 2.75) is 20.8 Å². The highest BCUT2D eigenvalue weighted by molar-refractivity contribution is 6.33. The molecule has 2 amide bonds. The maximum Gasteiger partial charge on any atom is 0.319 e. The second-order valence-corrected chi connectivity index (χ2v) is 6.70. The van der Waals surface area contributed by atoms with E-state index in [1.165, 1.54) is 0 Å². The molecule has 2 aromatic heterocycles. The molecule has 0 spiro atoms. The number of nitrogens with zero attached hydrogens (tertiary/aromatic N) is 4. The number of aryl methyl sites for hydroxylation is 3. The molecule has 0 fully saturated rings. The number of carbonyl (C=O) groups is 1. The Morgan fingerprint density at radius 1 is 1.14 bits per heavy atom. The molecule has 1 aromatic carbocycles. The van der Waals surface area contributed by atoms with Gasteiger partial charge in [-0.05, 0) is 38.5 Å². The van der Waals surface area contributed by atoms with Crippen LogP contribution in [0.15, 0.2) is 36.7 Å². The summed E-state index contributed by atoms with van der Waals surface area (Å²) in [5, 5.41) is 9.21. The summed E-state index contributed by atoms with van der Waals surface area (Å²) in [6.45, 7) is 6.60. The number of nitrogens with one attached hydrogen (secondary N) is 3. The van der Waals surface area contributed by atoms with Crippen LogP contribution in [0.1, 0.15) is 17.2 Å². The van der Waals surface area contributed by atoms with Crippen LogP contribution in [0.2, 0.25) is 5.02 Å². The number of aromatic nitrogens is 4. The van der Waals surface area contributed by atoms with Gasteiger partial charge in [0.15, 0.2) is 0 Å². The van der Waals surface area contributed by atoms with E-state index in [1.54, 1.807) is 18.3 Å². The van der Waals surface area contributed by atoms with Gasteiger partial charge in [0.2, 0.25) is 0 Å². The van der Waals surface area contributed by atoms with E-state index in [1.807, 2.05) is 43.7 Å². The summed E-state index contributed by atoms with van der Waals surface area (Å²) < 4.78 is 1.89. The monoisotopic (exact) mass is 399 g/mol. The smallest absolute Gasteiger partial charge is 0.319 e. The Kier molecular flexibility index (Phi) is 6.10. The Hall–Kier alpha value is -3.13. The highest BCUT2D eigenvalue weighted by Gasteiger charge is 2.07. The fourth-order valence-electron chi connectivity index (χ4n) is 2.64. The summed E-state index contributed by atoms with van der Waals surface area (Å²) in [5.74, 6) is 2.91. The first kappa shape index (κ1) is 19.6. The highest BCUT2D eigenvalue weighted by Crippen LogP contribution is 2.22. The number of halogens is 1. The average molecular weight is 400 g/mol. The summed E-state index contributed by atoms with van der Waals surface area (Å²) in [6, 6.07) is 6.99. The molecule has 8 nitrogen and oxygen atoms in total. The van der Waals surface area contributed by atoms with Gasteiger partial charge in [0.25, 0.3) is 0 Å². The number of amides is 2. The minimum absolute atomic E-state index is 0.318. The number of carbonyl (C=O) groups excluding carboxylic acids is 1. The molecule has 0 saturated heterocycles. The fraction of sp³-hybridized carbons (Fsp3) is 0.263. The topological polar surface area (TPSA) is 96.8 Å². The molecule has 3 rings (SSSR count). The van der Waals surface area contributed by atoms with Crippen LogP contribution in [-0.4, -0.2) is 38.6 Å². The van der Waals surface area contributed by atoms with E-state index >= 15 is 0 Å². The van der Waals surface area contributed by atoms with Crippen LogP contribution >= 0.6 is 11.6 Å². The number of imidazole rings is 1. The van der Waals surface area contributed by atoms with Gasteiger partial charge in [0, 0.05) is 31.5 Å². The van der Waals surface area contributed by atoms with E-state index in [4.69, 9.17) is 11.6 Å². The summed E-state index contributed by atoms with van der Waals surface area (Å²) in [6.07, 6.45) is 3.58. The maximum atomic E-state index is 12.0. The third kappa shape index (κ3) is 4.98. The largest absolute Gasteiger partial charge is 0.368 e. The molecule has 0 unspecified atom stereocenters. The summed E-state index contributed by atoms with van der Waals surface area (Å²) in [5.41, 5.74) is 1.61. The molecular formula is C19H22ClN7O. The third-order valence-electron chi connectivity index (χ3n) is 3.99. The van der Waals surface area contributed by atoms with Crippen LogP contribution in [0.3, 0.4) is 0 Å². The first-order valence-corrected chi connectivity index (χ1v) is 9.21. The van der Waals surface area contributed by atoms with Crippen molar-refractivity contribution in [3.05, 3.63) is 58.9 Å². The maximum absolute atomic E-state index is 12.0. The van der Waals surface area contributed by atoms with Crippen molar-refractivity contribution in [2.24, 2.45) is 0 Å². The van der Waals surface area contributed by atoms with Crippen LogP contribution in [-0.2, 0) is 0 Å². The van der Waals surface area contributed by atoms with Gasteiger partial charge in [-0.3, -0.25) is 4.57 Å². The van der Waals surface area contributed by atoms with E-state index in [2.05, 4.69) is 30.9 Å². The summed E-state index contributed by atoms with van der Waals surface area (Å²) >= 11 is 6.12. The Balaban J connectivity index is 1.52. The molecule has 0 saturated carbocycles. The summed E-state index contributed by atoms with van der Waals surface area (Å²) in [7, 11) is 0. The van der Waals surface area contributed by atoms with Crippen molar-refractivity contribution >= 4 is 29.1 Å². The van der Waals surface area contributed by atoms with Gasteiger partial charge in [0.1, 0.15) is 23.3 Å². The third-order valence-corrected chi connectivity index (χ3v) is 4.30. The lowest BCUT2D eigenvalue weighted by atomic mass is 10.2. The number of urea groups is 1. The lowest BCUT2D eigenvalue weighted by Crippen LogP contribution is -2.32. The van der Waals surface area contributed by atoms with Crippen molar-refractivity contribution < 1.29 is 4.79 Å². The Labute approximate surface area is 168 Å². The number of rotatable bonds is 6. The second-order valence-electron chi connectivity index (χ2n) is 6.29. The van der Waals surface area contributed by atoms with Crippen LogP contribution in [0.25, 0.3) is 5.82 Å². The Morgan fingerprint density at radius 3 is 2.68 bits per heavy atom. The molecule has 9 heteroatoms. The van der Waals surface area contributed by atoms with Gasteiger partial charge in [-0.15, -0.1) is 0 Å². The van der Waals surface area contributed by atoms with Gasteiger partial charge in [-0.25, -0.2) is 19.7 Å². The van der Waals surface area contributed by atoms with Crippen LogP contribution < -0.4 is 16.0 Å². The van der Waals surface area contributed by atoms with Gasteiger partial charge in [0.05, 0.1) is 10.7 Å². The van der Waals surface area contributed by atoms with Crippen LogP contribution in [0, 0.1) is 20.8 Å². The van der Waals surface area contributed by atoms with E-state index in [-0.39, 0.29) is 6.03 Å². The van der Waals surface area contributed by atoms with Gasteiger partial charge in [-0.2, -0.15) is 0 Å². The zero-order valence-electron chi connectivity index (χ0n) is 16.0. The Bertz CT molecular complexity index is 986. The molecule has 3 N–H and O–H groups in total. The van der Waals surface area contributed by atoms with E-state index < -0.39 is 0 Å². The fourth-order valence-corrected chi connectivity index (χ4v) is 2.92. The highest BCUT2D eigenvalue weighted by atomic mass is 35.5. The van der Waals surface area contributed by atoms with Crippen molar-refractivity contribution in [2.75, 3.05) is 23.7 Å². The molecule has 0 bridgehead atoms. The minimum atomic E-state index is -0.318. The van der Waals surface area contributed by atoms with Gasteiger partial charge < -0.3 is 16.0 Å². The second kappa shape index (κ2) is 8.71. The minimum Gasteiger partial charge on any atom is -0.368 e. The average Bonchev–Trinajstić information content (AvgIpc) is 3.07. The Morgan fingerprint density at radius 2 is 1.96 bits per heavy atom. The van der Waals surface area contributed by atoms with Crippen molar-refractivity contribution in [3.63, 3.8) is 0 Å². The van der Waals surface area contributed by atoms with Gasteiger partial charge >= 0.3 is 6.03 Å². The molecular weight excluding hydrogens is 378 g/mol. The molecule has 0 aliphatic rings. The zero-order valence-corrected chi connectivity index (χ0v) is 16.7. The van der Waals surface area contributed by atoms with E-state index in [0.717, 1.165) is 17.2 Å². The van der Waals surface area contributed by atoms with Crippen molar-refractivity contribution in [1.29, 1.82) is 0 Å². The number of anilines is 2.